The number of hydrogen-bond acceptors (Lipinski definition) is 2. The molecule has 0 spiro atoms. The summed E-state index contributed by atoms with van der Waals surface area (Å²) in [4.78, 5) is 4.67. The molecule has 3 unspecified atom stereocenters. The van der Waals surface area contributed by atoms with Crippen molar-refractivity contribution in [3.63, 3.8) is 0 Å². The number of fused-ring (bicyclic) bond motifs is 2. The predicted octanol–water partition coefficient (Wildman–Crippen LogP) is 6.35. The summed E-state index contributed by atoms with van der Waals surface area (Å²) in [5.41, 5.74) is 12.4. The van der Waals surface area contributed by atoms with E-state index in [9.17, 15) is 0 Å². The molecular formula is C28H31N3. The number of nitrogens with zero attached hydrogens (tertiary/aromatic N) is 1. The number of nitrogen functional groups attached to an aromatic ring is 1. The molecule has 1 saturated carbocycles. The third-order valence-corrected chi connectivity index (χ3v) is 7.68. The van der Waals surface area contributed by atoms with Crippen molar-refractivity contribution in [3.8, 4) is 0 Å². The minimum Gasteiger partial charge on any atom is -0.384 e. The molecular weight excluding hydrogens is 378 g/mol. The van der Waals surface area contributed by atoms with Crippen LogP contribution in [0.25, 0.3) is 10.8 Å². The number of benzene rings is 3. The fourth-order valence-corrected chi connectivity index (χ4v) is 5.11. The second kappa shape index (κ2) is 7.33. The highest BCUT2D eigenvalue weighted by Gasteiger charge is 2.40. The molecule has 0 amide bonds. The van der Waals surface area contributed by atoms with Crippen LogP contribution in [0.2, 0.25) is 0 Å². The summed E-state index contributed by atoms with van der Waals surface area (Å²) in [5.74, 6) is 1.80. The van der Waals surface area contributed by atoms with Crippen LogP contribution in [-0.2, 0) is 0 Å². The fraction of sp³-hybridized carbons (Fsp3) is 0.357. The zero-order chi connectivity index (χ0) is 21.8. The SMILES string of the molecule is CCC(C)(C)C1CN=Cc2ccc(C3CC3c3ccc4cc(C(=N)N)ccc4c3)cc21. The van der Waals surface area contributed by atoms with Gasteiger partial charge in [0.1, 0.15) is 5.84 Å². The summed E-state index contributed by atoms with van der Waals surface area (Å²) < 4.78 is 0. The minimum atomic E-state index is 0.121. The topological polar surface area (TPSA) is 62.2 Å². The van der Waals surface area contributed by atoms with Gasteiger partial charge >= 0.3 is 0 Å². The van der Waals surface area contributed by atoms with E-state index >= 15 is 0 Å². The van der Waals surface area contributed by atoms with Gasteiger partial charge in [-0.05, 0) is 62.8 Å². The predicted molar refractivity (Wildman–Crippen MR) is 131 cm³/mol. The average molecular weight is 410 g/mol. The Morgan fingerprint density at radius 3 is 2.42 bits per heavy atom. The molecule has 2 aliphatic rings. The Morgan fingerprint density at radius 2 is 1.68 bits per heavy atom. The largest absolute Gasteiger partial charge is 0.384 e. The Labute approximate surface area is 184 Å². The van der Waals surface area contributed by atoms with Crippen LogP contribution in [0.3, 0.4) is 0 Å². The maximum absolute atomic E-state index is 7.65. The van der Waals surface area contributed by atoms with Crippen molar-refractivity contribution in [3.05, 3.63) is 82.4 Å². The van der Waals surface area contributed by atoms with Crippen LogP contribution >= 0.6 is 0 Å². The third-order valence-electron chi connectivity index (χ3n) is 7.68. The minimum absolute atomic E-state index is 0.121. The third kappa shape index (κ3) is 3.56. The molecule has 1 fully saturated rings. The van der Waals surface area contributed by atoms with Gasteiger partial charge < -0.3 is 5.73 Å². The number of nitrogens with one attached hydrogen (secondary N) is 1. The molecule has 5 rings (SSSR count). The van der Waals surface area contributed by atoms with Gasteiger partial charge in [0.15, 0.2) is 0 Å². The van der Waals surface area contributed by atoms with Gasteiger partial charge in [0.2, 0.25) is 0 Å². The number of hydrogen-bond donors (Lipinski definition) is 2. The fourth-order valence-electron chi connectivity index (χ4n) is 5.11. The molecule has 1 aliphatic carbocycles. The van der Waals surface area contributed by atoms with E-state index in [-0.39, 0.29) is 11.3 Å². The number of amidine groups is 1. The molecule has 3 aromatic carbocycles. The molecule has 3 heteroatoms. The zero-order valence-corrected chi connectivity index (χ0v) is 18.7. The summed E-state index contributed by atoms with van der Waals surface area (Å²) in [6.07, 6.45) is 4.43. The van der Waals surface area contributed by atoms with Gasteiger partial charge in [-0.3, -0.25) is 10.4 Å². The van der Waals surface area contributed by atoms with Crippen molar-refractivity contribution in [2.75, 3.05) is 6.54 Å². The summed E-state index contributed by atoms with van der Waals surface area (Å²) in [7, 11) is 0. The van der Waals surface area contributed by atoms with Crippen molar-refractivity contribution >= 4 is 22.8 Å². The van der Waals surface area contributed by atoms with Gasteiger partial charge in [-0.2, -0.15) is 0 Å². The van der Waals surface area contributed by atoms with Crippen LogP contribution in [0.1, 0.15) is 79.2 Å². The second-order valence-corrected chi connectivity index (χ2v) is 9.96. The Balaban J connectivity index is 1.42. The highest BCUT2D eigenvalue weighted by molar-refractivity contribution is 5.99. The van der Waals surface area contributed by atoms with Crippen molar-refractivity contribution < 1.29 is 0 Å². The van der Waals surface area contributed by atoms with Gasteiger partial charge in [-0.25, -0.2) is 0 Å². The standard InChI is InChI=1S/C28H31N3/c1-4-28(2,3)26-16-31-15-22-10-8-20(13-25(22)26)24-14-23(24)19-7-5-18-12-21(27(29)30)9-6-17(18)11-19/h5-13,15,23-24,26H,4,14,16H2,1-3H3,(H3,29,30). The normalized spacial score (nSPS) is 22.4. The Hall–Kier alpha value is -2.94. The molecule has 0 saturated heterocycles. The van der Waals surface area contributed by atoms with E-state index in [1.165, 1.54) is 34.1 Å². The molecule has 3 atom stereocenters. The highest BCUT2D eigenvalue weighted by Crippen LogP contribution is 2.55. The molecule has 158 valence electrons. The molecule has 0 bridgehead atoms. The first-order chi connectivity index (χ1) is 14.9. The van der Waals surface area contributed by atoms with E-state index < -0.39 is 0 Å². The lowest BCUT2D eigenvalue weighted by molar-refractivity contribution is 0.276. The Bertz CT molecular complexity index is 1200. The van der Waals surface area contributed by atoms with Crippen LogP contribution in [0.5, 0.6) is 0 Å². The van der Waals surface area contributed by atoms with E-state index in [1.54, 1.807) is 0 Å². The maximum atomic E-state index is 7.65. The first-order valence-corrected chi connectivity index (χ1v) is 11.4. The molecule has 1 aliphatic heterocycles. The smallest absolute Gasteiger partial charge is 0.122 e. The molecule has 3 aromatic rings. The molecule has 31 heavy (non-hydrogen) atoms. The van der Waals surface area contributed by atoms with E-state index in [0.29, 0.717) is 17.8 Å². The summed E-state index contributed by atoms with van der Waals surface area (Å²) in [5, 5.41) is 10.0. The highest BCUT2D eigenvalue weighted by atomic mass is 14.7. The van der Waals surface area contributed by atoms with E-state index in [1.807, 2.05) is 12.1 Å². The van der Waals surface area contributed by atoms with E-state index in [4.69, 9.17) is 11.1 Å². The lowest BCUT2D eigenvalue weighted by atomic mass is 9.71. The first kappa shape index (κ1) is 20.0. The monoisotopic (exact) mass is 409 g/mol. The number of aliphatic imine (C=N–C) groups is 1. The maximum Gasteiger partial charge on any atom is 0.122 e. The molecule has 1 heterocycles. The van der Waals surface area contributed by atoms with Crippen molar-refractivity contribution in [2.24, 2.45) is 16.1 Å². The average Bonchev–Trinajstić information content (AvgIpc) is 3.58. The molecule has 3 N–H and O–H groups in total. The number of nitrogens with two attached hydrogens (primary N) is 1. The Kier molecular flexibility index (Phi) is 4.73. The lowest BCUT2D eigenvalue weighted by Crippen LogP contribution is -2.27. The number of rotatable bonds is 5. The van der Waals surface area contributed by atoms with Crippen LogP contribution in [0.4, 0.5) is 0 Å². The van der Waals surface area contributed by atoms with Gasteiger partial charge in [-0.1, -0.05) is 75.7 Å². The van der Waals surface area contributed by atoms with Crippen LogP contribution in [0.15, 0.2) is 59.6 Å². The summed E-state index contributed by atoms with van der Waals surface area (Å²) in [6.45, 7) is 7.94. The van der Waals surface area contributed by atoms with Crippen molar-refractivity contribution in [1.82, 2.24) is 0 Å². The Morgan fingerprint density at radius 1 is 1.00 bits per heavy atom. The van der Waals surface area contributed by atoms with Crippen LogP contribution < -0.4 is 5.73 Å². The quantitative estimate of drug-likeness (QED) is 0.374. The van der Waals surface area contributed by atoms with Crippen molar-refractivity contribution in [2.45, 2.75) is 51.4 Å². The lowest BCUT2D eigenvalue weighted by Gasteiger charge is -2.35. The van der Waals surface area contributed by atoms with E-state index in [2.05, 4.69) is 74.4 Å². The van der Waals surface area contributed by atoms with Crippen LogP contribution in [0, 0.1) is 10.8 Å². The van der Waals surface area contributed by atoms with Gasteiger partial charge in [0, 0.05) is 24.2 Å². The van der Waals surface area contributed by atoms with Gasteiger partial charge in [0.25, 0.3) is 0 Å². The van der Waals surface area contributed by atoms with Crippen molar-refractivity contribution in [1.29, 1.82) is 5.41 Å². The molecule has 3 nitrogen and oxygen atoms in total. The summed E-state index contributed by atoms with van der Waals surface area (Å²) >= 11 is 0. The molecule has 0 aromatic heterocycles. The van der Waals surface area contributed by atoms with Crippen LogP contribution in [-0.4, -0.2) is 18.6 Å². The first-order valence-electron chi connectivity index (χ1n) is 11.4. The van der Waals surface area contributed by atoms with Gasteiger partial charge in [-0.15, -0.1) is 0 Å². The van der Waals surface area contributed by atoms with E-state index in [0.717, 1.165) is 23.9 Å². The molecule has 0 radical (unpaired) electrons. The summed E-state index contributed by atoms with van der Waals surface area (Å²) in [6, 6.07) is 19.9. The second-order valence-electron chi connectivity index (χ2n) is 9.96. The zero-order valence-electron chi connectivity index (χ0n) is 18.7. The van der Waals surface area contributed by atoms with Gasteiger partial charge in [0.05, 0.1) is 0 Å².